The van der Waals surface area contributed by atoms with Crippen molar-refractivity contribution in [2.45, 2.75) is 49.7 Å². The highest BCUT2D eigenvalue weighted by Gasteiger charge is 2.44. The first-order chi connectivity index (χ1) is 17.7. The maximum atomic E-state index is 13.4. The number of hydrogen-bond acceptors (Lipinski definition) is 8. The van der Waals surface area contributed by atoms with Crippen LogP contribution < -0.4 is 10.2 Å². The van der Waals surface area contributed by atoms with Crippen LogP contribution in [-0.4, -0.2) is 46.6 Å². The molecular weight excluding hydrogens is 516 g/mol. The van der Waals surface area contributed by atoms with Crippen LogP contribution in [0.4, 0.5) is 10.7 Å². The molecule has 37 heavy (non-hydrogen) atoms. The van der Waals surface area contributed by atoms with E-state index >= 15 is 0 Å². The van der Waals surface area contributed by atoms with Crippen LogP contribution in [0.5, 0.6) is 0 Å². The van der Waals surface area contributed by atoms with E-state index in [9.17, 15) is 24.0 Å². The summed E-state index contributed by atoms with van der Waals surface area (Å²) in [6.45, 7) is 4.07. The number of thioether (sulfide) groups is 1. The summed E-state index contributed by atoms with van der Waals surface area (Å²) in [4.78, 5) is 64.5. The number of rotatable bonds is 8. The molecule has 1 aromatic heterocycles. The lowest BCUT2D eigenvalue weighted by Gasteiger charge is -2.18. The van der Waals surface area contributed by atoms with Crippen LogP contribution in [0.25, 0.3) is 0 Å². The molecule has 11 heteroatoms. The number of ether oxygens (including phenoxy) is 1. The normalized spacial score (nSPS) is 19.2. The minimum Gasteiger partial charge on any atom is -0.478 e. The van der Waals surface area contributed by atoms with Crippen LogP contribution in [0, 0.1) is 5.92 Å². The zero-order valence-corrected chi connectivity index (χ0v) is 21.9. The molecule has 3 amide bonds. The first-order valence-corrected chi connectivity index (χ1v) is 13.5. The summed E-state index contributed by atoms with van der Waals surface area (Å²) in [7, 11) is 0. The Morgan fingerprint density at radius 2 is 1.92 bits per heavy atom. The molecule has 2 atom stereocenters. The number of carboxylic acids is 1. The number of carbonyl (C=O) groups is 5. The maximum absolute atomic E-state index is 13.4. The Morgan fingerprint density at radius 1 is 1.19 bits per heavy atom. The standard InChI is InChI=1S/C26H26N2O7S2/c1-3-35-26(34)23-17-9-4-14(2)12-18(17)37-25(23)28-21(30)13-19(24(28)33)36-16-7-5-15(6-8-16)27-20(29)10-11-22(31)32/h5-8,10-11,14,19H,3-4,9,12-13H2,1-2H3,(H,27,29)(H,31,32)/b11-10+/t14-,19+/m1/s1. The highest BCUT2D eigenvalue weighted by molar-refractivity contribution is 8.00. The highest BCUT2D eigenvalue weighted by atomic mass is 32.2. The van der Waals surface area contributed by atoms with Gasteiger partial charge in [0.2, 0.25) is 17.7 Å². The minimum atomic E-state index is -1.22. The van der Waals surface area contributed by atoms with Gasteiger partial charge in [0.05, 0.1) is 17.4 Å². The number of amides is 3. The molecule has 0 unspecified atom stereocenters. The van der Waals surface area contributed by atoms with E-state index in [4.69, 9.17) is 9.84 Å². The van der Waals surface area contributed by atoms with E-state index in [2.05, 4.69) is 12.2 Å². The number of fused-ring (bicyclic) bond motifs is 1. The quantitative estimate of drug-likeness (QED) is 0.290. The number of carbonyl (C=O) groups excluding carboxylic acids is 4. The van der Waals surface area contributed by atoms with Gasteiger partial charge < -0.3 is 15.2 Å². The summed E-state index contributed by atoms with van der Waals surface area (Å²) in [6.07, 6.45) is 4.10. The third-order valence-electron chi connectivity index (χ3n) is 6.06. The van der Waals surface area contributed by atoms with Gasteiger partial charge in [-0.1, -0.05) is 6.92 Å². The summed E-state index contributed by atoms with van der Waals surface area (Å²) in [5.41, 5.74) is 1.69. The molecule has 1 aromatic carbocycles. The number of esters is 1. The van der Waals surface area contributed by atoms with Gasteiger partial charge in [-0.05, 0) is 61.9 Å². The van der Waals surface area contributed by atoms with Crippen molar-refractivity contribution >= 4 is 63.4 Å². The predicted molar refractivity (Wildman–Crippen MR) is 140 cm³/mol. The molecule has 0 bridgehead atoms. The van der Waals surface area contributed by atoms with Crippen LogP contribution in [0.15, 0.2) is 41.3 Å². The van der Waals surface area contributed by atoms with Gasteiger partial charge in [0, 0.05) is 34.0 Å². The Labute approximate surface area is 221 Å². The second-order valence-corrected chi connectivity index (χ2v) is 11.2. The number of benzene rings is 1. The van der Waals surface area contributed by atoms with Gasteiger partial charge in [0.15, 0.2) is 0 Å². The lowest BCUT2D eigenvalue weighted by molar-refractivity contribution is -0.131. The smallest absolute Gasteiger partial charge is 0.341 e. The van der Waals surface area contributed by atoms with Crippen molar-refractivity contribution in [2.24, 2.45) is 5.92 Å². The molecule has 1 aliphatic carbocycles. The molecule has 2 aromatic rings. The van der Waals surface area contributed by atoms with Gasteiger partial charge in [0.1, 0.15) is 5.00 Å². The minimum absolute atomic E-state index is 0.00318. The summed E-state index contributed by atoms with van der Waals surface area (Å²) < 4.78 is 5.29. The average molecular weight is 543 g/mol. The van der Waals surface area contributed by atoms with Gasteiger partial charge in [0.25, 0.3) is 0 Å². The maximum Gasteiger partial charge on any atom is 0.341 e. The van der Waals surface area contributed by atoms with E-state index in [0.29, 0.717) is 28.6 Å². The fourth-order valence-corrected chi connectivity index (χ4v) is 6.90. The van der Waals surface area contributed by atoms with E-state index in [-0.39, 0.29) is 24.8 Å². The van der Waals surface area contributed by atoms with E-state index in [1.165, 1.54) is 23.1 Å². The molecule has 194 valence electrons. The summed E-state index contributed by atoms with van der Waals surface area (Å²) in [5, 5.41) is 10.9. The molecule has 0 radical (unpaired) electrons. The highest BCUT2D eigenvalue weighted by Crippen LogP contribution is 2.45. The van der Waals surface area contributed by atoms with Crippen molar-refractivity contribution in [3.63, 3.8) is 0 Å². The Kier molecular flexibility index (Phi) is 8.13. The molecule has 2 heterocycles. The molecule has 2 aliphatic rings. The molecule has 1 fully saturated rings. The van der Waals surface area contributed by atoms with E-state index in [0.717, 1.165) is 45.2 Å². The SMILES string of the molecule is CCOC(=O)c1c(N2C(=O)C[C@H](Sc3ccc(NC(=O)/C=C/C(=O)O)cc3)C2=O)sc2c1CC[C@@H](C)C2. The third kappa shape index (κ3) is 5.94. The molecule has 0 spiro atoms. The van der Waals surface area contributed by atoms with Gasteiger partial charge in [-0.3, -0.25) is 14.4 Å². The average Bonchev–Trinajstić information content (AvgIpc) is 3.34. The van der Waals surface area contributed by atoms with Crippen molar-refractivity contribution in [3.05, 3.63) is 52.4 Å². The van der Waals surface area contributed by atoms with E-state index in [1.54, 1.807) is 31.2 Å². The summed E-state index contributed by atoms with van der Waals surface area (Å²) >= 11 is 2.57. The topological polar surface area (TPSA) is 130 Å². The first-order valence-electron chi connectivity index (χ1n) is 11.8. The molecule has 4 rings (SSSR count). The zero-order chi connectivity index (χ0) is 26.7. The number of imide groups is 1. The summed E-state index contributed by atoms with van der Waals surface area (Å²) in [5.74, 6) is -2.57. The fraction of sp³-hybridized carbons (Fsp3) is 0.346. The van der Waals surface area contributed by atoms with Gasteiger partial charge in [-0.15, -0.1) is 23.1 Å². The van der Waals surface area contributed by atoms with Gasteiger partial charge in [-0.2, -0.15) is 0 Å². The number of aliphatic carboxylic acids is 1. The summed E-state index contributed by atoms with van der Waals surface area (Å²) in [6, 6.07) is 6.66. The van der Waals surface area contributed by atoms with Crippen LogP contribution in [0.2, 0.25) is 0 Å². The largest absolute Gasteiger partial charge is 0.478 e. The Morgan fingerprint density at radius 3 is 2.59 bits per heavy atom. The predicted octanol–water partition coefficient (Wildman–Crippen LogP) is 4.05. The van der Waals surface area contributed by atoms with Crippen molar-refractivity contribution in [3.8, 4) is 0 Å². The number of thiophene rings is 1. The second kappa shape index (κ2) is 11.3. The molecule has 1 aliphatic heterocycles. The van der Waals surface area contributed by atoms with Gasteiger partial charge in [-0.25, -0.2) is 14.5 Å². The fourth-order valence-electron chi connectivity index (χ4n) is 4.33. The molecule has 9 nitrogen and oxygen atoms in total. The monoisotopic (exact) mass is 542 g/mol. The molecule has 1 saturated heterocycles. The molecule has 0 saturated carbocycles. The Bertz CT molecular complexity index is 1280. The van der Waals surface area contributed by atoms with Gasteiger partial charge >= 0.3 is 11.9 Å². The number of hydrogen-bond donors (Lipinski definition) is 2. The van der Waals surface area contributed by atoms with Crippen LogP contribution >= 0.6 is 23.1 Å². The Balaban J connectivity index is 1.51. The van der Waals surface area contributed by atoms with Crippen molar-refractivity contribution < 1.29 is 33.8 Å². The van der Waals surface area contributed by atoms with Crippen molar-refractivity contribution in [1.82, 2.24) is 0 Å². The zero-order valence-electron chi connectivity index (χ0n) is 20.3. The number of carboxylic acid groups (broad SMARTS) is 1. The van der Waals surface area contributed by atoms with E-state index in [1.807, 2.05) is 0 Å². The first kappa shape index (κ1) is 26.6. The second-order valence-electron chi connectivity index (χ2n) is 8.82. The number of nitrogens with one attached hydrogen (secondary N) is 1. The molecular formula is C26H26N2O7S2. The lowest BCUT2D eigenvalue weighted by atomic mass is 9.88. The third-order valence-corrected chi connectivity index (χ3v) is 8.50. The lowest BCUT2D eigenvalue weighted by Crippen LogP contribution is -2.32. The van der Waals surface area contributed by atoms with Crippen LogP contribution in [0.1, 0.15) is 47.5 Å². The van der Waals surface area contributed by atoms with E-state index < -0.39 is 23.1 Å². The van der Waals surface area contributed by atoms with Crippen LogP contribution in [-0.2, 0) is 36.8 Å². The number of anilines is 2. The Hall–Kier alpha value is -3.44. The molecule has 2 N–H and O–H groups in total. The van der Waals surface area contributed by atoms with Crippen LogP contribution in [0.3, 0.4) is 0 Å². The van der Waals surface area contributed by atoms with Crippen molar-refractivity contribution in [2.75, 3.05) is 16.8 Å². The van der Waals surface area contributed by atoms with Crippen molar-refractivity contribution in [1.29, 1.82) is 0 Å². The number of nitrogens with zero attached hydrogens (tertiary/aromatic N) is 1.